The Balaban J connectivity index is 1.40. The molecule has 0 spiro atoms. The molecule has 0 aliphatic carbocycles. The molecule has 0 radical (unpaired) electrons. The van der Waals surface area contributed by atoms with Crippen molar-refractivity contribution in [2.24, 2.45) is 0 Å². The lowest BCUT2D eigenvalue weighted by Gasteiger charge is -2.34. The molecule has 0 unspecified atom stereocenters. The van der Waals surface area contributed by atoms with Crippen LogP contribution in [0.15, 0.2) is 60.8 Å². The third kappa shape index (κ3) is 4.90. The molecule has 1 aliphatic rings. The van der Waals surface area contributed by atoms with Gasteiger partial charge < -0.3 is 10.2 Å². The summed E-state index contributed by atoms with van der Waals surface area (Å²) in [6.45, 7) is 9.17. The molecule has 2 aromatic carbocycles. The number of hydrogen-bond donors (Lipinski definition) is 1. The molecule has 0 saturated carbocycles. The minimum atomic E-state index is 0.436. The molecule has 1 aromatic heterocycles. The molecule has 1 fully saturated rings. The minimum absolute atomic E-state index is 0.436. The minimum Gasteiger partial charge on any atom is -0.339 e. The number of anilines is 3. The Hall–Kier alpha value is -2.99. The van der Waals surface area contributed by atoms with Crippen molar-refractivity contribution in [3.05, 3.63) is 71.9 Å². The first kappa shape index (κ1) is 19.3. The first-order valence-electron chi connectivity index (χ1n) is 10.3. The Bertz CT molecular complexity index is 919. The molecule has 0 amide bonds. The zero-order valence-corrected chi connectivity index (χ0v) is 17.1. The van der Waals surface area contributed by atoms with Crippen LogP contribution >= 0.6 is 0 Å². The van der Waals surface area contributed by atoms with Crippen LogP contribution in [0, 0.1) is 0 Å². The van der Waals surface area contributed by atoms with Crippen LogP contribution in [0.25, 0.3) is 0 Å². The number of benzene rings is 2. The van der Waals surface area contributed by atoms with E-state index >= 15 is 0 Å². The first-order valence-corrected chi connectivity index (χ1v) is 10.3. The Morgan fingerprint density at radius 3 is 2.41 bits per heavy atom. The third-order valence-corrected chi connectivity index (χ3v) is 5.30. The quantitative estimate of drug-likeness (QED) is 0.687. The molecule has 4 rings (SSSR count). The number of nitrogens with one attached hydrogen (secondary N) is 1. The van der Waals surface area contributed by atoms with Crippen LogP contribution in [0.1, 0.15) is 30.9 Å². The molecule has 6 nitrogen and oxygen atoms in total. The second kappa shape index (κ2) is 9.01. The Labute approximate surface area is 172 Å². The van der Waals surface area contributed by atoms with E-state index in [0.717, 1.165) is 44.2 Å². The summed E-state index contributed by atoms with van der Waals surface area (Å²) in [4.78, 5) is 9.41. The van der Waals surface area contributed by atoms with Crippen LogP contribution in [0.4, 0.5) is 17.5 Å². The number of rotatable bonds is 6. The van der Waals surface area contributed by atoms with Crippen molar-refractivity contribution in [2.45, 2.75) is 26.3 Å². The summed E-state index contributed by atoms with van der Waals surface area (Å²) in [5, 5.41) is 11.9. The van der Waals surface area contributed by atoms with Crippen molar-refractivity contribution in [3.63, 3.8) is 0 Å². The van der Waals surface area contributed by atoms with Crippen molar-refractivity contribution < 1.29 is 0 Å². The Morgan fingerprint density at radius 1 is 0.931 bits per heavy atom. The second-order valence-corrected chi connectivity index (χ2v) is 7.76. The van der Waals surface area contributed by atoms with Gasteiger partial charge in [0.1, 0.15) is 0 Å². The van der Waals surface area contributed by atoms with E-state index in [4.69, 9.17) is 4.98 Å². The maximum atomic E-state index is 4.72. The summed E-state index contributed by atoms with van der Waals surface area (Å²) in [5.41, 5.74) is 3.69. The van der Waals surface area contributed by atoms with Gasteiger partial charge in [-0.05, 0) is 23.1 Å². The normalized spacial score (nSPS) is 14.9. The average Bonchev–Trinajstić information content (AvgIpc) is 2.75. The molecule has 1 N–H and O–H groups in total. The molecule has 0 bridgehead atoms. The van der Waals surface area contributed by atoms with E-state index < -0.39 is 0 Å². The number of hydrogen-bond acceptors (Lipinski definition) is 6. The van der Waals surface area contributed by atoms with Crippen LogP contribution < -0.4 is 10.2 Å². The highest BCUT2D eigenvalue weighted by molar-refractivity contribution is 5.61. The van der Waals surface area contributed by atoms with Gasteiger partial charge in [-0.15, -0.1) is 5.10 Å². The number of para-hydroxylation sites is 1. The molecule has 29 heavy (non-hydrogen) atoms. The van der Waals surface area contributed by atoms with Gasteiger partial charge >= 0.3 is 0 Å². The zero-order valence-electron chi connectivity index (χ0n) is 17.1. The van der Waals surface area contributed by atoms with E-state index in [1.165, 1.54) is 11.1 Å². The maximum absolute atomic E-state index is 4.72. The summed E-state index contributed by atoms with van der Waals surface area (Å²) in [5.74, 6) is 1.86. The summed E-state index contributed by atoms with van der Waals surface area (Å²) in [7, 11) is 0. The SMILES string of the molecule is CC(C)c1ccccc1Nc1cnnc(N2CCN(Cc3ccccc3)CC2)n1. The van der Waals surface area contributed by atoms with Gasteiger partial charge in [-0.1, -0.05) is 62.4 Å². The van der Waals surface area contributed by atoms with Gasteiger partial charge in [0.2, 0.25) is 5.95 Å². The van der Waals surface area contributed by atoms with Gasteiger partial charge in [0.15, 0.2) is 5.82 Å². The molecule has 6 heteroatoms. The molecule has 1 aliphatic heterocycles. The molecule has 1 saturated heterocycles. The second-order valence-electron chi connectivity index (χ2n) is 7.76. The summed E-state index contributed by atoms with van der Waals surface area (Å²) in [6.07, 6.45) is 1.69. The molecule has 2 heterocycles. The van der Waals surface area contributed by atoms with E-state index in [-0.39, 0.29) is 0 Å². The van der Waals surface area contributed by atoms with Gasteiger partial charge in [0.05, 0.1) is 6.20 Å². The van der Waals surface area contributed by atoms with E-state index in [9.17, 15) is 0 Å². The molecular formula is C23H28N6. The van der Waals surface area contributed by atoms with Gasteiger partial charge in [0, 0.05) is 38.4 Å². The Kier molecular flexibility index (Phi) is 6.00. The fraction of sp³-hybridized carbons (Fsp3) is 0.348. The summed E-state index contributed by atoms with van der Waals surface area (Å²) in [6, 6.07) is 19.0. The fourth-order valence-electron chi connectivity index (χ4n) is 3.69. The lowest BCUT2D eigenvalue weighted by Crippen LogP contribution is -2.46. The van der Waals surface area contributed by atoms with Crippen molar-refractivity contribution in [3.8, 4) is 0 Å². The maximum Gasteiger partial charge on any atom is 0.247 e. The van der Waals surface area contributed by atoms with Crippen LogP contribution in [0.3, 0.4) is 0 Å². The highest BCUT2D eigenvalue weighted by atomic mass is 15.4. The molecule has 150 valence electrons. The largest absolute Gasteiger partial charge is 0.339 e. The van der Waals surface area contributed by atoms with Crippen LogP contribution in [0.2, 0.25) is 0 Å². The van der Waals surface area contributed by atoms with E-state index in [1.807, 2.05) is 6.07 Å². The molecule has 3 aromatic rings. The van der Waals surface area contributed by atoms with Crippen LogP contribution in [0.5, 0.6) is 0 Å². The third-order valence-electron chi connectivity index (χ3n) is 5.30. The van der Waals surface area contributed by atoms with Gasteiger partial charge in [0.25, 0.3) is 0 Å². The average molecular weight is 389 g/mol. The standard InChI is InChI=1S/C23H28N6/c1-18(2)20-10-6-7-11-21(20)25-22-16-24-27-23(26-22)29-14-12-28(13-15-29)17-19-8-4-3-5-9-19/h3-11,16,18H,12-15,17H2,1-2H3,(H,25,26,27). The van der Waals surface area contributed by atoms with E-state index in [1.54, 1.807) is 6.20 Å². The van der Waals surface area contributed by atoms with Gasteiger partial charge in [-0.25, -0.2) is 0 Å². The smallest absolute Gasteiger partial charge is 0.247 e. The number of aromatic nitrogens is 3. The zero-order chi connectivity index (χ0) is 20.1. The predicted octanol–water partition coefficient (Wildman–Crippen LogP) is 4.06. The predicted molar refractivity (Wildman–Crippen MR) is 118 cm³/mol. The van der Waals surface area contributed by atoms with Gasteiger partial charge in [-0.3, -0.25) is 4.90 Å². The molecular weight excluding hydrogens is 360 g/mol. The van der Waals surface area contributed by atoms with Crippen LogP contribution in [-0.2, 0) is 6.54 Å². The fourth-order valence-corrected chi connectivity index (χ4v) is 3.69. The van der Waals surface area contributed by atoms with Crippen molar-refractivity contribution >= 4 is 17.5 Å². The van der Waals surface area contributed by atoms with Crippen molar-refractivity contribution in [1.29, 1.82) is 0 Å². The van der Waals surface area contributed by atoms with Crippen molar-refractivity contribution in [1.82, 2.24) is 20.1 Å². The van der Waals surface area contributed by atoms with E-state index in [0.29, 0.717) is 11.9 Å². The highest BCUT2D eigenvalue weighted by Gasteiger charge is 2.20. The van der Waals surface area contributed by atoms with Crippen molar-refractivity contribution in [2.75, 3.05) is 36.4 Å². The highest BCUT2D eigenvalue weighted by Crippen LogP contribution is 2.26. The lowest BCUT2D eigenvalue weighted by molar-refractivity contribution is 0.248. The summed E-state index contributed by atoms with van der Waals surface area (Å²) >= 11 is 0. The Morgan fingerprint density at radius 2 is 1.66 bits per heavy atom. The van der Waals surface area contributed by atoms with Gasteiger partial charge in [-0.2, -0.15) is 10.1 Å². The van der Waals surface area contributed by atoms with E-state index in [2.05, 4.69) is 87.7 Å². The topological polar surface area (TPSA) is 57.2 Å². The van der Waals surface area contributed by atoms with Crippen LogP contribution in [-0.4, -0.2) is 46.3 Å². The first-order chi connectivity index (χ1) is 14.2. The lowest BCUT2D eigenvalue weighted by atomic mass is 10.0. The summed E-state index contributed by atoms with van der Waals surface area (Å²) < 4.78 is 0. The molecule has 0 atom stereocenters. The number of piperazine rings is 1. The number of nitrogens with zero attached hydrogens (tertiary/aromatic N) is 5. The monoisotopic (exact) mass is 388 g/mol.